The van der Waals surface area contributed by atoms with Crippen molar-refractivity contribution in [3.05, 3.63) is 24.1 Å². The average molecular weight is 192 g/mol. The number of nitrogens with zero attached hydrogens (tertiary/aromatic N) is 1. The lowest BCUT2D eigenvalue weighted by Gasteiger charge is -1.95. The second-order valence-corrected chi connectivity index (χ2v) is 3.20. The highest BCUT2D eigenvalue weighted by atomic mass is 16.5. The van der Waals surface area contributed by atoms with Gasteiger partial charge in [-0.25, -0.2) is 0 Å². The first-order valence-corrected chi connectivity index (χ1v) is 4.73. The summed E-state index contributed by atoms with van der Waals surface area (Å²) in [6.07, 6.45) is 0. The lowest BCUT2D eigenvalue weighted by atomic mass is 10.3. The van der Waals surface area contributed by atoms with Crippen LogP contribution in [-0.2, 0) is 6.54 Å². The molecular formula is C11H14NO2+. The molecule has 1 aromatic carbocycles. The minimum atomic E-state index is 0.862. The normalized spacial score (nSPS) is 10.8. The Morgan fingerprint density at radius 2 is 2.21 bits per heavy atom. The largest absolute Gasteiger partial charge is 0.497 e. The van der Waals surface area contributed by atoms with E-state index in [1.165, 1.54) is 0 Å². The highest BCUT2D eigenvalue weighted by molar-refractivity contribution is 5.70. The Balaban J connectivity index is 2.71. The number of benzene rings is 1. The van der Waals surface area contributed by atoms with Crippen molar-refractivity contribution in [1.29, 1.82) is 0 Å². The van der Waals surface area contributed by atoms with Gasteiger partial charge < -0.3 is 9.15 Å². The van der Waals surface area contributed by atoms with Gasteiger partial charge in [0.2, 0.25) is 5.58 Å². The Hall–Kier alpha value is -1.51. The van der Waals surface area contributed by atoms with Gasteiger partial charge in [-0.1, -0.05) is 0 Å². The van der Waals surface area contributed by atoms with E-state index in [-0.39, 0.29) is 0 Å². The van der Waals surface area contributed by atoms with E-state index in [0.717, 1.165) is 29.3 Å². The summed E-state index contributed by atoms with van der Waals surface area (Å²) in [5.74, 6) is 1.79. The molecule has 3 heteroatoms. The quantitative estimate of drug-likeness (QED) is 0.681. The van der Waals surface area contributed by atoms with E-state index in [9.17, 15) is 0 Å². The number of methoxy groups -OCH3 is 1. The summed E-state index contributed by atoms with van der Waals surface area (Å²) in [5, 5.41) is 0. The van der Waals surface area contributed by atoms with Gasteiger partial charge >= 0.3 is 5.89 Å². The van der Waals surface area contributed by atoms with E-state index in [0.29, 0.717) is 0 Å². The molecule has 2 aromatic rings. The molecule has 14 heavy (non-hydrogen) atoms. The monoisotopic (exact) mass is 192 g/mol. The highest BCUT2D eigenvalue weighted by Crippen LogP contribution is 2.19. The molecule has 0 saturated carbocycles. The lowest BCUT2D eigenvalue weighted by Crippen LogP contribution is -2.33. The molecule has 2 rings (SSSR count). The third-order valence-electron chi connectivity index (χ3n) is 2.41. The first-order chi connectivity index (χ1) is 6.76. The van der Waals surface area contributed by atoms with Gasteiger partial charge in [-0.15, -0.1) is 0 Å². The summed E-state index contributed by atoms with van der Waals surface area (Å²) < 4.78 is 12.9. The molecule has 0 bridgehead atoms. The van der Waals surface area contributed by atoms with E-state index >= 15 is 0 Å². The topological polar surface area (TPSA) is 26.2 Å². The molecule has 74 valence electrons. The van der Waals surface area contributed by atoms with Crippen LogP contribution in [0.2, 0.25) is 0 Å². The summed E-state index contributed by atoms with van der Waals surface area (Å²) in [7, 11) is 1.67. The van der Waals surface area contributed by atoms with Crippen LogP contribution in [0.15, 0.2) is 22.6 Å². The number of aryl methyl sites for hydroxylation is 2. The molecule has 0 spiro atoms. The molecule has 0 amide bonds. The molecule has 0 fully saturated rings. The van der Waals surface area contributed by atoms with Crippen LogP contribution in [0, 0.1) is 6.92 Å². The van der Waals surface area contributed by atoms with Crippen LogP contribution >= 0.6 is 0 Å². The van der Waals surface area contributed by atoms with E-state index in [2.05, 4.69) is 11.5 Å². The third kappa shape index (κ3) is 1.25. The molecule has 0 N–H and O–H groups in total. The molecule has 1 heterocycles. The van der Waals surface area contributed by atoms with Gasteiger partial charge in [0.1, 0.15) is 12.3 Å². The fraction of sp³-hybridized carbons (Fsp3) is 0.364. The molecule has 0 atom stereocenters. The molecule has 0 saturated heterocycles. The third-order valence-corrected chi connectivity index (χ3v) is 2.41. The molecule has 1 aromatic heterocycles. The molecule has 0 radical (unpaired) electrons. The van der Waals surface area contributed by atoms with Crippen LogP contribution in [0.5, 0.6) is 5.75 Å². The lowest BCUT2D eigenvalue weighted by molar-refractivity contribution is -0.679. The number of ether oxygens (including phenoxy) is 1. The number of hydrogen-bond donors (Lipinski definition) is 0. The van der Waals surface area contributed by atoms with Gasteiger partial charge in [0.15, 0.2) is 0 Å². The SMILES string of the molecule is CC[n+]1c(C)oc2ccc(OC)cc21. The Bertz CT molecular complexity index is 460. The zero-order valence-electron chi connectivity index (χ0n) is 8.70. The molecule has 0 unspecified atom stereocenters. The second kappa shape index (κ2) is 3.33. The zero-order valence-corrected chi connectivity index (χ0v) is 8.70. The van der Waals surface area contributed by atoms with Crippen LogP contribution in [0.25, 0.3) is 11.1 Å². The van der Waals surface area contributed by atoms with Crippen LogP contribution < -0.4 is 9.30 Å². The van der Waals surface area contributed by atoms with Gasteiger partial charge in [0.25, 0.3) is 5.52 Å². The van der Waals surface area contributed by atoms with E-state index < -0.39 is 0 Å². The van der Waals surface area contributed by atoms with Gasteiger partial charge in [-0.05, 0) is 19.1 Å². The minimum absolute atomic E-state index is 0.862. The smallest absolute Gasteiger partial charge is 0.344 e. The summed E-state index contributed by atoms with van der Waals surface area (Å²) in [5.41, 5.74) is 1.99. The van der Waals surface area contributed by atoms with E-state index in [1.807, 2.05) is 25.1 Å². The highest BCUT2D eigenvalue weighted by Gasteiger charge is 2.17. The fourth-order valence-electron chi connectivity index (χ4n) is 1.70. The molecule has 3 nitrogen and oxygen atoms in total. The summed E-state index contributed by atoms with van der Waals surface area (Å²) >= 11 is 0. The Labute approximate surface area is 82.9 Å². The van der Waals surface area contributed by atoms with Crippen molar-refractivity contribution < 1.29 is 13.7 Å². The van der Waals surface area contributed by atoms with Gasteiger partial charge in [-0.2, -0.15) is 4.57 Å². The molecule has 0 aliphatic heterocycles. The number of rotatable bonds is 2. The standard InChI is InChI=1S/C11H14NO2/c1-4-12-8(2)14-11-6-5-9(13-3)7-10(11)12/h5-7H,4H2,1-3H3/q+1. The van der Waals surface area contributed by atoms with Gasteiger partial charge in [0, 0.05) is 0 Å². The first kappa shape index (κ1) is 9.06. The van der Waals surface area contributed by atoms with Gasteiger partial charge in [-0.3, -0.25) is 0 Å². The summed E-state index contributed by atoms with van der Waals surface area (Å²) in [6, 6.07) is 5.84. The maximum absolute atomic E-state index is 5.60. The van der Waals surface area contributed by atoms with Crippen molar-refractivity contribution in [1.82, 2.24) is 0 Å². The van der Waals surface area contributed by atoms with Crippen LogP contribution in [-0.4, -0.2) is 7.11 Å². The molecule has 0 aliphatic carbocycles. The maximum atomic E-state index is 5.60. The molecule has 0 aliphatic rings. The predicted octanol–water partition coefficient (Wildman–Crippen LogP) is 2.06. The van der Waals surface area contributed by atoms with Crippen molar-refractivity contribution in [2.45, 2.75) is 20.4 Å². The maximum Gasteiger partial charge on any atom is 0.344 e. The summed E-state index contributed by atoms with van der Waals surface area (Å²) in [6.45, 7) is 4.98. The predicted molar refractivity (Wildman–Crippen MR) is 53.4 cm³/mol. The zero-order chi connectivity index (χ0) is 10.1. The van der Waals surface area contributed by atoms with Gasteiger partial charge in [0.05, 0.1) is 20.1 Å². The van der Waals surface area contributed by atoms with Crippen molar-refractivity contribution in [2.24, 2.45) is 0 Å². The van der Waals surface area contributed by atoms with Crippen LogP contribution in [0.4, 0.5) is 0 Å². The van der Waals surface area contributed by atoms with E-state index in [1.54, 1.807) is 7.11 Å². The number of oxazole rings is 1. The number of hydrogen-bond acceptors (Lipinski definition) is 2. The number of fused-ring (bicyclic) bond motifs is 1. The Morgan fingerprint density at radius 1 is 1.43 bits per heavy atom. The molecular weight excluding hydrogens is 178 g/mol. The van der Waals surface area contributed by atoms with Crippen molar-refractivity contribution in [3.63, 3.8) is 0 Å². The average Bonchev–Trinajstić information content (AvgIpc) is 2.52. The minimum Gasteiger partial charge on any atom is -0.497 e. The number of aromatic nitrogens is 1. The first-order valence-electron chi connectivity index (χ1n) is 4.73. The fourth-order valence-corrected chi connectivity index (χ4v) is 1.70. The van der Waals surface area contributed by atoms with Crippen LogP contribution in [0.3, 0.4) is 0 Å². The van der Waals surface area contributed by atoms with Crippen molar-refractivity contribution >= 4 is 11.1 Å². The van der Waals surface area contributed by atoms with Crippen LogP contribution in [0.1, 0.15) is 12.8 Å². The second-order valence-electron chi connectivity index (χ2n) is 3.20. The summed E-state index contributed by atoms with van der Waals surface area (Å²) in [4.78, 5) is 0. The Morgan fingerprint density at radius 3 is 2.86 bits per heavy atom. The Kier molecular flexibility index (Phi) is 2.15. The van der Waals surface area contributed by atoms with E-state index in [4.69, 9.17) is 9.15 Å². The van der Waals surface area contributed by atoms with Crippen molar-refractivity contribution in [3.8, 4) is 5.75 Å². The van der Waals surface area contributed by atoms with Crippen molar-refractivity contribution in [2.75, 3.05) is 7.11 Å².